The summed E-state index contributed by atoms with van der Waals surface area (Å²) in [5, 5.41) is 20.7. The molecule has 0 radical (unpaired) electrons. The van der Waals surface area contributed by atoms with Gasteiger partial charge in [-0.2, -0.15) is 20.1 Å². The summed E-state index contributed by atoms with van der Waals surface area (Å²) in [6, 6.07) is 9.83. The van der Waals surface area contributed by atoms with Gasteiger partial charge < -0.3 is 10.1 Å². The van der Waals surface area contributed by atoms with Crippen molar-refractivity contribution in [3.05, 3.63) is 81.5 Å². The highest BCUT2D eigenvalue weighted by Crippen LogP contribution is 2.39. The monoisotopic (exact) mass is 467 g/mol. The third kappa shape index (κ3) is 4.02. The number of hydrogen-bond acceptors (Lipinski definition) is 7. The molecule has 1 aliphatic heterocycles. The number of rotatable bonds is 4. The van der Waals surface area contributed by atoms with E-state index in [1.807, 2.05) is 6.07 Å². The second kappa shape index (κ2) is 8.50. The van der Waals surface area contributed by atoms with E-state index in [4.69, 9.17) is 33.2 Å². The molecular formula is C20H11Cl2N7O3. The Balaban J connectivity index is 1.68. The minimum atomic E-state index is -0.638. The molecule has 4 rings (SSSR count). The number of benzene rings is 1. The fourth-order valence-corrected chi connectivity index (χ4v) is 3.25. The summed E-state index contributed by atoms with van der Waals surface area (Å²) in [4.78, 5) is 28.3. The second-order valence-corrected chi connectivity index (χ2v) is 7.06. The number of pyridine rings is 1. The molecule has 0 bridgehead atoms. The Labute approximate surface area is 190 Å². The Kier molecular flexibility index (Phi) is 5.59. The van der Waals surface area contributed by atoms with E-state index >= 15 is 0 Å². The van der Waals surface area contributed by atoms with Gasteiger partial charge in [-0.25, -0.2) is 4.79 Å². The molecule has 0 atom stereocenters. The maximum atomic E-state index is 12.2. The van der Waals surface area contributed by atoms with Gasteiger partial charge in [-0.3, -0.25) is 9.78 Å². The van der Waals surface area contributed by atoms with Gasteiger partial charge in [0.1, 0.15) is 6.07 Å². The van der Waals surface area contributed by atoms with Gasteiger partial charge >= 0.3 is 6.03 Å². The molecule has 0 unspecified atom stereocenters. The van der Waals surface area contributed by atoms with Crippen LogP contribution >= 0.6 is 23.2 Å². The normalized spacial score (nSPS) is 13.3. The number of hydrazone groups is 1. The van der Waals surface area contributed by atoms with Gasteiger partial charge in [0.15, 0.2) is 11.5 Å². The van der Waals surface area contributed by atoms with Crippen LogP contribution in [-0.2, 0) is 0 Å². The first-order valence-corrected chi connectivity index (χ1v) is 9.59. The molecule has 2 amide bonds. The Morgan fingerprint density at radius 3 is 2.41 bits per heavy atom. The van der Waals surface area contributed by atoms with Crippen molar-refractivity contribution < 1.29 is 9.53 Å². The Morgan fingerprint density at radius 2 is 1.75 bits per heavy atom. The number of anilines is 1. The number of hydrogen-bond donors (Lipinski definition) is 1. The van der Waals surface area contributed by atoms with E-state index in [9.17, 15) is 9.59 Å². The predicted octanol–water partition coefficient (Wildman–Crippen LogP) is 3.65. The number of aromatic nitrogens is 3. The van der Waals surface area contributed by atoms with Crippen LogP contribution in [0.3, 0.4) is 0 Å². The molecule has 0 fully saturated rings. The number of allylic oxidation sites excluding steroid dienone is 1. The van der Waals surface area contributed by atoms with E-state index in [0.29, 0.717) is 5.69 Å². The zero-order valence-corrected chi connectivity index (χ0v) is 17.5. The molecule has 0 spiro atoms. The zero-order chi connectivity index (χ0) is 22.8. The quantitative estimate of drug-likeness (QED) is 0.623. The van der Waals surface area contributed by atoms with Crippen molar-refractivity contribution in [3.63, 3.8) is 0 Å². The summed E-state index contributed by atoms with van der Waals surface area (Å²) < 4.78 is 6.85. The van der Waals surface area contributed by atoms with Crippen molar-refractivity contribution >= 4 is 40.6 Å². The minimum absolute atomic E-state index is 0.0434. The summed E-state index contributed by atoms with van der Waals surface area (Å²) in [5.74, 6) is 0.102. The second-order valence-electron chi connectivity index (χ2n) is 6.25. The van der Waals surface area contributed by atoms with Gasteiger partial charge in [-0.1, -0.05) is 29.8 Å². The topological polar surface area (TPSA) is 126 Å². The molecule has 158 valence electrons. The van der Waals surface area contributed by atoms with E-state index in [1.165, 1.54) is 36.7 Å². The van der Waals surface area contributed by atoms with Crippen LogP contribution in [-0.4, -0.2) is 26.5 Å². The standard InChI is InChI=1S/C20H11Cl2N7O3/c1-11-16(10-23)26-29(20(31)25-11)13-8-14(21)19(15(22)9-13)32-17-2-3-18(30)28(27-17)12-4-6-24-7-5-12/h2-9H,1H2,(H,25,31). The molecule has 1 aromatic carbocycles. The van der Waals surface area contributed by atoms with Crippen molar-refractivity contribution in [2.75, 3.05) is 5.01 Å². The SMILES string of the molecule is C=C1NC(=O)N(c2cc(Cl)c(Oc3ccc(=O)n(-c4ccncc4)n3)c(Cl)c2)N=C1C#N. The van der Waals surface area contributed by atoms with E-state index < -0.39 is 6.03 Å². The number of nitriles is 1. The van der Waals surface area contributed by atoms with Crippen molar-refractivity contribution in [2.45, 2.75) is 0 Å². The number of nitrogens with zero attached hydrogens (tertiary/aromatic N) is 6. The molecule has 10 nitrogen and oxygen atoms in total. The van der Waals surface area contributed by atoms with Crippen molar-refractivity contribution in [3.8, 4) is 23.4 Å². The summed E-state index contributed by atoms with van der Waals surface area (Å²) in [5.41, 5.74) is 0.327. The smallest absolute Gasteiger partial charge is 0.347 e. The lowest BCUT2D eigenvalue weighted by Gasteiger charge is -2.24. The lowest BCUT2D eigenvalue weighted by atomic mass is 10.2. The summed E-state index contributed by atoms with van der Waals surface area (Å²) in [6.45, 7) is 3.56. The zero-order valence-electron chi connectivity index (χ0n) is 16.0. The van der Waals surface area contributed by atoms with E-state index in [2.05, 4.69) is 27.1 Å². The molecule has 0 saturated heterocycles. The lowest BCUT2D eigenvalue weighted by Crippen LogP contribution is -2.42. The average Bonchev–Trinajstić information content (AvgIpc) is 2.78. The molecule has 2 aromatic heterocycles. The summed E-state index contributed by atoms with van der Waals surface area (Å²) in [6.07, 6.45) is 3.05. The molecule has 1 aliphatic rings. The Morgan fingerprint density at radius 1 is 1.06 bits per heavy atom. The van der Waals surface area contributed by atoms with Crippen molar-refractivity contribution in [1.82, 2.24) is 20.1 Å². The summed E-state index contributed by atoms with van der Waals surface area (Å²) >= 11 is 12.7. The molecule has 32 heavy (non-hydrogen) atoms. The molecule has 1 N–H and O–H groups in total. The van der Waals surface area contributed by atoms with Gasteiger partial charge in [0.25, 0.3) is 5.56 Å². The molecular weight excluding hydrogens is 457 g/mol. The number of nitrogens with one attached hydrogen (secondary N) is 1. The minimum Gasteiger partial charge on any atom is -0.434 e. The van der Waals surface area contributed by atoms with Gasteiger partial charge in [0.2, 0.25) is 5.88 Å². The Bertz CT molecular complexity index is 1360. The van der Waals surface area contributed by atoms with Gasteiger partial charge in [0.05, 0.1) is 27.1 Å². The van der Waals surface area contributed by atoms with Crippen molar-refractivity contribution in [2.24, 2.45) is 5.10 Å². The van der Waals surface area contributed by atoms with Crippen LogP contribution in [0.1, 0.15) is 0 Å². The van der Waals surface area contributed by atoms with Crippen LogP contribution in [0, 0.1) is 11.3 Å². The number of halogens is 2. The first kappa shape index (κ1) is 21.0. The number of ether oxygens (including phenoxy) is 1. The van der Waals surface area contributed by atoms with Crippen LogP contribution in [0.2, 0.25) is 10.0 Å². The van der Waals surface area contributed by atoms with Crippen LogP contribution in [0.25, 0.3) is 5.69 Å². The first-order valence-electron chi connectivity index (χ1n) is 8.84. The van der Waals surface area contributed by atoms with Crippen molar-refractivity contribution in [1.29, 1.82) is 5.26 Å². The lowest BCUT2D eigenvalue weighted by molar-refractivity contribution is 0.248. The van der Waals surface area contributed by atoms with E-state index in [0.717, 1.165) is 9.69 Å². The van der Waals surface area contributed by atoms with Crippen LogP contribution in [0.4, 0.5) is 10.5 Å². The maximum absolute atomic E-state index is 12.2. The highest BCUT2D eigenvalue weighted by atomic mass is 35.5. The number of carbonyl (C=O) groups excluding carboxylic acids is 1. The fraction of sp³-hybridized carbons (Fsp3) is 0. The third-order valence-corrected chi connectivity index (χ3v) is 4.72. The van der Waals surface area contributed by atoms with Crippen LogP contribution in [0.15, 0.2) is 71.0 Å². The molecule has 12 heteroatoms. The largest absolute Gasteiger partial charge is 0.434 e. The molecule has 0 aliphatic carbocycles. The molecule has 3 heterocycles. The van der Waals surface area contributed by atoms with Crippen LogP contribution < -0.4 is 20.6 Å². The third-order valence-electron chi connectivity index (χ3n) is 4.16. The number of urea groups is 1. The average molecular weight is 468 g/mol. The van der Waals surface area contributed by atoms with Crippen LogP contribution in [0.5, 0.6) is 11.6 Å². The highest BCUT2D eigenvalue weighted by Gasteiger charge is 2.26. The summed E-state index contributed by atoms with van der Waals surface area (Å²) in [7, 11) is 0. The van der Waals surface area contributed by atoms with Gasteiger partial charge in [0, 0.05) is 24.5 Å². The fourth-order valence-electron chi connectivity index (χ4n) is 2.70. The first-order chi connectivity index (χ1) is 15.4. The number of carbonyl (C=O) groups is 1. The van der Waals surface area contributed by atoms with E-state index in [-0.39, 0.29) is 44.3 Å². The maximum Gasteiger partial charge on any atom is 0.347 e. The highest BCUT2D eigenvalue weighted by molar-refractivity contribution is 6.37. The predicted molar refractivity (Wildman–Crippen MR) is 117 cm³/mol. The van der Waals surface area contributed by atoms with E-state index in [1.54, 1.807) is 12.1 Å². The van der Waals surface area contributed by atoms with Gasteiger partial charge in [-0.15, -0.1) is 5.10 Å². The number of amides is 2. The Hall–Kier alpha value is -4.20. The molecule has 0 saturated carbocycles. The molecule has 3 aromatic rings. The van der Waals surface area contributed by atoms with Gasteiger partial charge in [-0.05, 0) is 24.3 Å².